The molecule has 0 aromatic rings. The summed E-state index contributed by atoms with van der Waals surface area (Å²) in [7, 11) is 0. The van der Waals surface area contributed by atoms with Crippen LogP contribution < -0.4 is 0 Å². The van der Waals surface area contributed by atoms with Crippen molar-refractivity contribution in [2.24, 2.45) is 40.9 Å². The largest absolute Gasteiger partial charge is 0.393 e. The summed E-state index contributed by atoms with van der Waals surface area (Å²) >= 11 is 0. The third-order valence-corrected chi connectivity index (χ3v) is 7.37. The number of hydrogen-bond donors (Lipinski definition) is 1. The molecule has 120 valence electrons. The van der Waals surface area contributed by atoms with Gasteiger partial charge in [0.25, 0.3) is 0 Å². The van der Waals surface area contributed by atoms with Gasteiger partial charge >= 0.3 is 0 Å². The molecule has 1 heteroatoms. The number of fused-ring (bicyclic) bond motifs is 1. The van der Waals surface area contributed by atoms with E-state index in [0.717, 1.165) is 41.9 Å². The molecule has 0 aliphatic heterocycles. The van der Waals surface area contributed by atoms with E-state index in [0.29, 0.717) is 5.41 Å². The van der Waals surface area contributed by atoms with E-state index in [1.165, 1.54) is 31.3 Å². The number of allylic oxidation sites excluding steroid dienone is 2. The fraction of sp³-hybridized carbons (Fsp3) is 0.900. The molecule has 0 bridgehead atoms. The van der Waals surface area contributed by atoms with Gasteiger partial charge in [0.1, 0.15) is 0 Å². The lowest BCUT2D eigenvalue weighted by atomic mass is 9.68. The highest BCUT2D eigenvalue weighted by molar-refractivity contribution is 5.25. The van der Waals surface area contributed by atoms with Crippen LogP contribution >= 0.6 is 0 Å². The molecule has 1 spiro atoms. The summed E-state index contributed by atoms with van der Waals surface area (Å²) in [5.74, 6) is 4.85. The predicted octanol–water partition coefficient (Wildman–Crippen LogP) is 5.05. The van der Waals surface area contributed by atoms with E-state index in [1.807, 2.05) is 0 Å². The molecule has 3 saturated carbocycles. The number of hydrogen-bond acceptors (Lipinski definition) is 1. The average Bonchev–Trinajstić information content (AvgIpc) is 3.03. The molecule has 1 N–H and O–H groups in total. The third-order valence-electron chi connectivity index (χ3n) is 7.37. The van der Waals surface area contributed by atoms with Crippen LogP contribution in [0.3, 0.4) is 0 Å². The van der Waals surface area contributed by atoms with Crippen molar-refractivity contribution in [1.82, 2.24) is 0 Å². The number of aliphatic hydroxyl groups excluding tert-OH is 1. The molecule has 1 nitrogen and oxygen atoms in total. The molecular formula is C20H34O. The van der Waals surface area contributed by atoms with Gasteiger partial charge < -0.3 is 5.11 Å². The monoisotopic (exact) mass is 290 g/mol. The van der Waals surface area contributed by atoms with Crippen LogP contribution in [0, 0.1) is 40.9 Å². The van der Waals surface area contributed by atoms with Crippen LogP contribution in [-0.4, -0.2) is 11.2 Å². The van der Waals surface area contributed by atoms with Gasteiger partial charge in [-0.3, -0.25) is 0 Å². The summed E-state index contributed by atoms with van der Waals surface area (Å²) in [6, 6.07) is 0. The molecule has 21 heavy (non-hydrogen) atoms. The van der Waals surface area contributed by atoms with Gasteiger partial charge in [-0.2, -0.15) is 0 Å². The van der Waals surface area contributed by atoms with Crippen LogP contribution in [0.5, 0.6) is 0 Å². The van der Waals surface area contributed by atoms with Gasteiger partial charge in [-0.15, -0.1) is 0 Å². The summed E-state index contributed by atoms with van der Waals surface area (Å²) in [6.45, 7) is 11.7. The van der Waals surface area contributed by atoms with Crippen LogP contribution in [0.25, 0.3) is 0 Å². The van der Waals surface area contributed by atoms with Crippen molar-refractivity contribution < 1.29 is 5.11 Å². The van der Waals surface area contributed by atoms with E-state index in [2.05, 4.69) is 40.7 Å². The SMILES string of the molecule is CC(C)=CCCC(C)C1CCC(C)C23C(O)CC(C)C2C13. The Balaban J connectivity index is 1.70. The molecular weight excluding hydrogens is 256 g/mol. The van der Waals surface area contributed by atoms with Gasteiger partial charge in [0, 0.05) is 5.41 Å². The van der Waals surface area contributed by atoms with Crippen molar-refractivity contribution in [1.29, 1.82) is 0 Å². The van der Waals surface area contributed by atoms with E-state index >= 15 is 0 Å². The lowest BCUT2D eigenvalue weighted by molar-refractivity contribution is 0.0133. The van der Waals surface area contributed by atoms with Crippen LogP contribution in [0.2, 0.25) is 0 Å². The van der Waals surface area contributed by atoms with Crippen LogP contribution in [0.4, 0.5) is 0 Å². The minimum atomic E-state index is -0.00900. The maximum atomic E-state index is 10.7. The van der Waals surface area contributed by atoms with Crippen molar-refractivity contribution in [2.45, 2.75) is 72.8 Å². The molecule has 0 saturated heterocycles. The highest BCUT2D eigenvalue weighted by Gasteiger charge is 2.77. The van der Waals surface area contributed by atoms with Crippen molar-refractivity contribution in [2.75, 3.05) is 0 Å². The summed E-state index contributed by atoms with van der Waals surface area (Å²) in [6.07, 6.45) is 8.75. The van der Waals surface area contributed by atoms with E-state index in [4.69, 9.17) is 0 Å². The van der Waals surface area contributed by atoms with Gasteiger partial charge in [0.15, 0.2) is 0 Å². The number of aliphatic hydroxyl groups is 1. The Morgan fingerprint density at radius 1 is 1.24 bits per heavy atom. The molecule has 3 aliphatic rings. The second-order valence-corrected chi connectivity index (χ2v) is 8.76. The highest BCUT2D eigenvalue weighted by Crippen LogP contribution is 2.79. The Bertz CT molecular complexity index is 416. The maximum absolute atomic E-state index is 10.7. The molecule has 0 aromatic carbocycles. The van der Waals surface area contributed by atoms with E-state index in [1.54, 1.807) is 0 Å². The first-order valence-electron chi connectivity index (χ1n) is 9.22. The van der Waals surface area contributed by atoms with Crippen LogP contribution in [-0.2, 0) is 0 Å². The lowest BCUT2D eigenvalue weighted by Gasteiger charge is -2.39. The van der Waals surface area contributed by atoms with Crippen molar-refractivity contribution in [3.05, 3.63) is 11.6 Å². The van der Waals surface area contributed by atoms with Gasteiger partial charge in [-0.05, 0) is 81.5 Å². The minimum absolute atomic E-state index is 0.00900. The first kappa shape index (κ1) is 15.6. The molecule has 8 atom stereocenters. The summed E-state index contributed by atoms with van der Waals surface area (Å²) in [5, 5.41) is 10.7. The first-order valence-corrected chi connectivity index (χ1v) is 9.22. The fourth-order valence-corrected chi connectivity index (χ4v) is 6.46. The van der Waals surface area contributed by atoms with E-state index in [-0.39, 0.29) is 6.10 Å². The maximum Gasteiger partial charge on any atom is 0.0607 e. The van der Waals surface area contributed by atoms with Gasteiger partial charge in [-0.1, -0.05) is 32.4 Å². The molecule has 3 aliphatic carbocycles. The molecule has 0 aromatic heterocycles. The molecule has 0 amide bonds. The van der Waals surface area contributed by atoms with E-state index < -0.39 is 0 Å². The Labute approximate surface area is 131 Å². The predicted molar refractivity (Wildman–Crippen MR) is 88.9 cm³/mol. The summed E-state index contributed by atoms with van der Waals surface area (Å²) < 4.78 is 0. The quantitative estimate of drug-likeness (QED) is 0.718. The summed E-state index contributed by atoms with van der Waals surface area (Å²) in [4.78, 5) is 0. The third kappa shape index (κ3) is 2.22. The lowest BCUT2D eigenvalue weighted by Crippen LogP contribution is -2.36. The number of rotatable bonds is 4. The van der Waals surface area contributed by atoms with Crippen molar-refractivity contribution >= 4 is 0 Å². The second-order valence-electron chi connectivity index (χ2n) is 8.76. The zero-order chi connectivity index (χ0) is 15.4. The van der Waals surface area contributed by atoms with Crippen LogP contribution in [0.1, 0.15) is 66.7 Å². The standard InChI is InChI=1S/C20H34O/c1-12(2)7-6-8-13(3)16-10-9-15(5)20-17(21)11-14(4)18(20)19(16)20/h7,13-19,21H,6,8-11H2,1-5H3. The molecule has 3 fully saturated rings. The van der Waals surface area contributed by atoms with Gasteiger partial charge in [0.05, 0.1) is 6.10 Å². The smallest absolute Gasteiger partial charge is 0.0607 e. The second kappa shape index (κ2) is 5.41. The first-order chi connectivity index (χ1) is 9.90. The Morgan fingerprint density at radius 3 is 2.62 bits per heavy atom. The molecule has 8 unspecified atom stereocenters. The van der Waals surface area contributed by atoms with Crippen molar-refractivity contribution in [3.8, 4) is 0 Å². The average molecular weight is 290 g/mol. The van der Waals surface area contributed by atoms with Gasteiger partial charge in [0.2, 0.25) is 0 Å². The fourth-order valence-electron chi connectivity index (χ4n) is 6.46. The molecule has 0 radical (unpaired) electrons. The topological polar surface area (TPSA) is 20.2 Å². The zero-order valence-electron chi connectivity index (χ0n) is 14.6. The highest BCUT2D eigenvalue weighted by atomic mass is 16.3. The summed E-state index contributed by atoms with van der Waals surface area (Å²) in [5.41, 5.74) is 1.77. The van der Waals surface area contributed by atoms with Gasteiger partial charge in [-0.25, -0.2) is 0 Å². The molecule has 0 heterocycles. The zero-order valence-corrected chi connectivity index (χ0v) is 14.6. The van der Waals surface area contributed by atoms with Crippen LogP contribution in [0.15, 0.2) is 11.6 Å². The van der Waals surface area contributed by atoms with Crippen molar-refractivity contribution in [3.63, 3.8) is 0 Å². The molecule has 3 rings (SSSR count). The van der Waals surface area contributed by atoms with E-state index in [9.17, 15) is 5.11 Å². The Morgan fingerprint density at radius 2 is 1.95 bits per heavy atom. The Kier molecular flexibility index (Phi) is 4.01. The normalized spacial score (nSPS) is 49.2. The minimum Gasteiger partial charge on any atom is -0.393 e. The Hall–Kier alpha value is -0.300.